The van der Waals surface area contributed by atoms with Gasteiger partial charge in [0.25, 0.3) is 0 Å². The van der Waals surface area contributed by atoms with Crippen LogP contribution in [-0.2, 0) is 12.3 Å². The highest BCUT2D eigenvalue weighted by Gasteiger charge is 2.16. The molecule has 5 heteroatoms. The molecule has 3 nitrogen and oxygen atoms in total. The second-order valence-corrected chi connectivity index (χ2v) is 8.40. The number of nitrogens with zero attached hydrogens (tertiary/aromatic N) is 2. The summed E-state index contributed by atoms with van der Waals surface area (Å²) in [5.74, 6) is 1.77. The fourth-order valence-corrected chi connectivity index (χ4v) is 4.60. The molecule has 4 aromatic rings. The summed E-state index contributed by atoms with van der Waals surface area (Å²) in [5.41, 5.74) is 7.74. The lowest BCUT2D eigenvalue weighted by molar-refractivity contribution is 0.414. The fraction of sp³-hybridized carbons (Fsp3) is 0.240. The van der Waals surface area contributed by atoms with Crippen molar-refractivity contribution in [3.05, 3.63) is 88.7 Å². The molecule has 0 bridgehead atoms. The average molecular weight is 439 g/mol. The third-order valence-corrected chi connectivity index (χ3v) is 6.56. The normalized spacial score (nSPS) is 10.8. The predicted octanol–water partition coefficient (Wildman–Crippen LogP) is 6.73. The van der Waals surface area contributed by atoms with Crippen molar-refractivity contribution in [2.75, 3.05) is 7.11 Å². The van der Waals surface area contributed by atoms with Crippen molar-refractivity contribution in [3.8, 4) is 5.75 Å². The van der Waals surface area contributed by atoms with Gasteiger partial charge in [-0.1, -0.05) is 53.7 Å². The van der Waals surface area contributed by atoms with Crippen molar-refractivity contribution < 1.29 is 4.74 Å². The van der Waals surface area contributed by atoms with Gasteiger partial charge in [0.2, 0.25) is 0 Å². The van der Waals surface area contributed by atoms with E-state index in [0.29, 0.717) is 0 Å². The number of benzene rings is 2. The number of methoxy groups -OCH3 is 1. The Morgan fingerprint density at radius 1 is 0.900 bits per heavy atom. The van der Waals surface area contributed by atoms with Crippen LogP contribution in [0.1, 0.15) is 27.9 Å². The molecular weight excluding hydrogens is 412 g/mol. The van der Waals surface area contributed by atoms with Crippen LogP contribution in [0.3, 0.4) is 0 Å². The van der Waals surface area contributed by atoms with Crippen molar-refractivity contribution in [3.63, 3.8) is 0 Å². The third-order valence-electron chi connectivity index (χ3n) is 5.51. The highest BCUT2D eigenvalue weighted by molar-refractivity contribution is 7.98. The van der Waals surface area contributed by atoms with E-state index in [1.807, 2.05) is 18.3 Å². The molecule has 4 rings (SSSR count). The number of ether oxygens (including phenoxy) is 1. The van der Waals surface area contributed by atoms with Gasteiger partial charge in [0.1, 0.15) is 10.8 Å². The summed E-state index contributed by atoms with van der Waals surface area (Å²) >= 11 is 1.79. The monoisotopic (exact) mass is 438 g/mol. The second-order valence-electron chi connectivity index (χ2n) is 7.43. The maximum atomic E-state index is 5.26. The number of aromatic nitrogens is 2. The van der Waals surface area contributed by atoms with Crippen molar-refractivity contribution in [1.29, 1.82) is 0 Å². The van der Waals surface area contributed by atoms with E-state index in [1.165, 1.54) is 38.9 Å². The van der Waals surface area contributed by atoms with Crippen molar-refractivity contribution >= 4 is 35.1 Å². The number of fused-ring (bicyclic) bond motifs is 1. The lowest BCUT2D eigenvalue weighted by Crippen LogP contribution is -2.03. The van der Waals surface area contributed by atoms with E-state index in [1.54, 1.807) is 18.9 Å². The molecule has 0 unspecified atom stereocenters. The van der Waals surface area contributed by atoms with Crippen LogP contribution >= 0.6 is 24.2 Å². The molecule has 0 aliphatic carbocycles. The average Bonchev–Trinajstić information content (AvgIpc) is 2.99. The molecule has 0 saturated heterocycles. The number of pyridine rings is 1. The van der Waals surface area contributed by atoms with Crippen LogP contribution < -0.4 is 4.74 Å². The first-order valence-corrected chi connectivity index (χ1v) is 10.8. The van der Waals surface area contributed by atoms with Gasteiger partial charge in [0.05, 0.1) is 12.6 Å². The minimum absolute atomic E-state index is 0. The van der Waals surface area contributed by atoms with Crippen LogP contribution in [-0.4, -0.2) is 16.7 Å². The van der Waals surface area contributed by atoms with Crippen molar-refractivity contribution in [1.82, 2.24) is 9.55 Å². The quantitative estimate of drug-likeness (QED) is 0.312. The molecule has 0 spiro atoms. The molecule has 0 fully saturated rings. The zero-order valence-electron chi connectivity index (χ0n) is 17.8. The zero-order valence-corrected chi connectivity index (χ0v) is 19.4. The topological polar surface area (TPSA) is 27.1 Å². The van der Waals surface area contributed by atoms with E-state index in [9.17, 15) is 0 Å². The SMILES string of the molecule is COc1ccc(CSc2nccc3c(C)c(C)n(Cc4ccc(C)cc4)c23)cc1.Cl. The summed E-state index contributed by atoms with van der Waals surface area (Å²) < 4.78 is 7.68. The highest BCUT2D eigenvalue weighted by atomic mass is 35.5. The summed E-state index contributed by atoms with van der Waals surface area (Å²) in [4.78, 5) is 4.74. The van der Waals surface area contributed by atoms with E-state index in [0.717, 1.165) is 23.1 Å². The Balaban J connectivity index is 0.00000256. The zero-order chi connectivity index (χ0) is 20.4. The minimum atomic E-state index is 0. The van der Waals surface area contributed by atoms with Gasteiger partial charge in [-0.3, -0.25) is 0 Å². The molecule has 2 heterocycles. The van der Waals surface area contributed by atoms with Gasteiger partial charge in [0.15, 0.2) is 0 Å². The Morgan fingerprint density at radius 3 is 2.23 bits per heavy atom. The number of hydrogen-bond acceptors (Lipinski definition) is 3. The van der Waals surface area contributed by atoms with E-state index >= 15 is 0 Å². The first-order valence-electron chi connectivity index (χ1n) is 9.82. The number of thioether (sulfide) groups is 1. The van der Waals surface area contributed by atoms with Gasteiger partial charge < -0.3 is 9.30 Å². The Bertz CT molecular complexity index is 1130. The number of halogens is 1. The summed E-state index contributed by atoms with van der Waals surface area (Å²) in [6, 6.07) is 19.2. The van der Waals surface area contributed by atoms with E-state index < -0.39 is 0 Å². The van der Waals surface area contributed by atoms with Gasteiger partial charge in [-0.15, -0.1) is 12.4 Å². The first-order chi connectivity index (χ1) is 14.1. The Labute approximate surface area is 188 Å². The van der Waals surface area contributed by atoms with Crippen molar-refractivity contribution in [2.45, 2.75) is 38.1 Å². The predicted molar refractivity (Wildman–Crippen MR) is 129 cm³/mol. The molecule has 0 amide bonds. The largest absolute Gasteiger partial charge is 0.497 e. The molecule has 30 heavy (non-hydrogen) atoms. The molecule has 2 aromatic heterocycles. The first kappa shape index (κ1) is 22.3. The molecule has 0 aliphatic heterocycles. The molecular formula is C25H27ClN2OS. The minimum Gasteiger partial charge on any atom is -0.497 e. The summed E-state index contributed by atoms with van der Waals surface area (Å²) in [5, 5.41) is 2.38. The maximum Gasteiger partial charge on any atom is 0.121 e. The second kappa shape index (κ2) is 9.59. The van der Waals surface area contributed by atoms with E-state index in [-0.39, 0.29) is 12.4 Å². The van der Waals surface area contributed by atoms with Crippen LogP contribution in [0.25, 0.3) is 10.9 Å². The van der Waals surface area contributed by atoms with E-state index in [2.05, 4.69) is 67.8 Å². The maximum absolute atomic E-state index is 5.26. The summed E-state index contributed by atoms with van der Waals surface area (Å²) in [6.07, 6.45) is 1.93. The van der Waals surface area contributed by atoms with Crippen LogP contribution in [0.2, 0.25) is 0 Å². The highest BCUT2D eigenvalue weighted by Crippen LogP contribution is 2.34. The lowest BCUT2D eigenvalue weighted by Gasteiger charge is -2.12. The summed E-state index contributed by atoms with van der Waals surface area (Å²) in [6.45, 7) is 7.41. The van der Waals surface area contributed by atoms with Gasteiger partial charge in [-0.2, -0.15) is 0 Å². The van der Waals surface area contributed by atoms with Crippen LogP contribution in [0.15, 0.2) is 65.8 Å². The van der Waals surface area contributed by atoms with E-state index in [4.69, 9.17) is 9.72 Å². The Morgan fingerprint density at radius 2 is 1.57 bits per heavy atom. The fourth-order valence-electron chi connectivity index (χ4n) is 3.62. The molecule has 2 aromatic carbocycles. The number of rotatable bonds is 6. The molecule has 156 valence electrons. The number of aryl methyl sites for hydroxylation is 2. The van der Waals surface area contributed by atoms with Crippen LogP contribution in [0.5, 0.6) is 5.75 Å². The Hall–Kier alpha value is -2.43. The van der Waals surface area contributed by atoms with Gasteiger partial charge in [-0.05, 0) is 55.7 Å². The Kier molecular flexibility index (Phi) is 7.11. The molecule has 0 radical (unpaired) electrons. The lowest BCUT2D eigenvalue weighted by atomic mass is 10.1. The smallest absolute Gasteiger partial charge is 0.121 e. The van der Waals surface area contributed by atoms with Gasteiger partial charge in [-0.25, -0.2) is 4.98 Å². The van der Waals surface area contributed by atoms with Crippen LogP contribution in [0, 0.1) is 20.8 Å². The molecule has 0 aliphatic rings. The molecule has 0 saturated carbocycles. The standard InChI is InChI=1S/C25H26N2OS.ClH/c1-17-5-7-20(8-6-17)15-27-19(3)18(2)23-13-14-26-25(24(23)27)29-16-21-9-11-22(28-4)12-10-21;/h5-14H,15-16H2,1-4H3;1H. The number of hydrogen-bond donors (Lipinski definition) is 0. The van der Waals surface area contributed by atoms with Crippen molar-refractivity contribution in [2.24, 2.45) is 0 Å². The molecule has 0 atom stereocenters. The third kappa shape index (κ3) is 4.50. The van der Waals surface area contributed by atoms with Crippen LogP contribution in [0.4, 0.5) is 0 Å². The van der Waals surface area contributed by atoms with Gasteiger partial charge >= 0.3 is 0 Å². The van der Waals surface area contributed by atoms with Gasteiger partial charge in [0, 0.05) is 29.6 Å². The molecule has 0 N–H and O–H groups in total. The summed E-state index contributed by atoms with van der Waals surface area (Å²) in [7, 11) is 1.70.